The number of carboxylic acids is 3. The standard InChI is InChI=1S/3C6H12O7.Li.Mn/c3*7-1-2(8)3(9)4(10)5(11)6(12)13;;/h3*2-5,7-11H,1H2,(H,12,13);;/q;;;+1;+2/p-3. The van der Waals surface area contributed by atoms with Gasteiger partial charge in [-0.05, 0) is 0 Å². The quantitative estimate of drug-likeness (QED) is 0.0733. The molecule has 0 amide bonds. The van der Waals surface area contributed by atoms with Crippen LogP contribution in [-0.4, -0.2) is 188 Å². The Balaban J connectivity index is -0.000000154. The van der Waals surface area contributed by atoms with Gasteiger partial charge in [-0.2, -0.15) is 0 Å². The molecule has 15 N–H and O–H groups in total. The fourth-order valence-corrected chi connectivity index (χ4v) is 1.99. The average Bonchev–Trinajstić information content (AvgIpc) is 2.92. The molecule has 0 saturated carbocycles. The van der Waals surface area contributed by atoms with Gasteiger partial charge in [0.15, 0.2) is 0 Å². The number of carboxylic acid groups (broad SMARTS) is 3. The van der Waals surface area contributed by atoms with Crippen molar-refractivity contribution in [2.45, 2.75) is 73.2 Å². The van der Waals surface area contributed by atoms with Crippen molar-refractivity contribution in [1.29, 1.82) is 0 Å². The Morgan fingerprint density at radius 1 is 0.415 bits per heavy atom. The number of hydrogen-bond donors (Lipinski definition) is 15. The summed E-state index contributed by atoms with van der Waals surface area (Å²) in [5.74, 6) is -5.93. The fourth-order valence-electron chi connectivity index (χ4n) is 1.99. The summed E-state index contributed by atoms with van der Waals surface area (Å²) in [6.07, 6.45) is -24.2. The normalized spacial score (nSPS) is 19.4. The third kappa shape index (κ3) is 18.9. The SMILES string of the molecule is O=C([O-])C(O)C(O)C(O)C(O)CO.O=C([O-])C(O)C(O)C(O)C(O)CO.O=C([O-])C(O)C(O)C(O)C(O)CO.[Li+].[Mn+2]. The molecule has 0 bridgehead atoms. The van der Waals surface area contributed by atoms with Crippen molar-refractivity contribution in [1.82, 2.24) is 0 Å². The average molecular weight is 647 g/mol. The molecule has 21 nitrogen and oxygen atoms in total. The van der Waals surface area contributed by atoms with Gasteiger partial charge in [0.05, 0.1) is 37.7 Å². The van der Waals surface area contributed by atoms with Gasteiger partial charge in [0.2, 0.25) is 0 Å². The summed E-state index contributed by atoms with van der Waals surface area (Å²) in [4.78, 5) is 29.9. The molecule has 0 spiro atoms. The van der Waals surface area contributed by atoms with Crippen LogP contribution in [0.1, 0.15) is 0 Å². The number of carbonyl (C=O) groups is 3. The Hall–Kier alpha value is -1.07. The van der Waals surface area contributed by atoms with Crippen molar-refractivity contribution < 1.29 is 142 Å². The van der Waals surface area contributed by atoms with E-state index < -0.39 is 111 Å². The van der Waals surface area contributed by atoms with E-state index in [0.29, 0.717) is 0 Å². The number of aliphatic hydroxyl groups excluding tert-OH is 15. The second-order valence-corrected chi connectivity index (χ2v) is 7.48. The zero-order chi connectivity index (χ0) is 31.8. The summed E-state index contributed by atoms with van der Waals surface area (Å²) < 4.78 is 0. The summed E-state index contributed by atoms with van der Waals surface area (Å²) in [5, 5.41) is 160. The van der Waals surface area contributed by atoms with Gasteiger partial charge in [-0.25, -0.2) is 0 Å². The molecule has 23 heteroatoms. The maximum Gasteiger partial charge on any atom is 2.00 e. The van der Waals surface area contributed by atoms with Gasteiger partial charge in [-0.3, -0.25) is 0 Å². The Morgan fingerprint density at radius 3 is 0.659 bits per heavy atom. The first kappa shape index (κ1) is 49.6. The Bertz CT molecular complexity index is 615. The molecule has 0 aliphatic rings. The summed E-state index contributed by atoms with van der Waals surface area (Å²) in [6, 6.07) is 0. The summed E-state index contributed by atoms with van der Waals surface area (Å²) in [7, 11) is 0. The molecule has 1 radical (unpaired) electrons. The molecular formula is C18H33LiMnO21. The van der Waals surface area contributed by atoms with Crippen molar-refractivity contribution in [2.75, 3.05) is 19.8 Å². The van der Waals surface area contributed by atoms with Gasteiger partial charge in [0, 0.05) is 0 Å². The van der Waals surface area contributed by atoms with E-state index in [9.17, 15) is 29.7 Å². The summed E-state index contributed by atoms with van der Waals surface area (Å²) in [5.41, 5.74) is 0. The molecule has 0 heterocycles. The van der Waals surface area contributed by atoms with Crippen LogP contribution in [0.4, 0.5) is 0 Å². The minimum Gasteiger partial charge on any atom is -0.547 e. The molecular weight excluding hydrogens is 614 g/mol. The summed E-state index contributed by atoms with van der Waals surface area (Å²) in [6.45, 7) is -2.59. The summed E-state index contributed by atoms with van der Waals surface area (Å²) >= 11 is 0. The van der Waals surface area contributed by atoms with E-state index in [1.54, 1.807) is 0 Å². The zero-order valence-corrected chi connectivity index (χ0v) is 22.3. The van der Waals surface area contributed by atoms with Gasteiger partial charge < -0.3 is 106 Å². The third-order valence-corrected chi connectivity index (χ3v) is 4.49. The minimum absolute atomic E-state index is 0. The van der Waals surface area contributed by atoms with E-state index >= 15 is 0 Å². The first-order chi connectivity index (χ1) is 17.7. The molecule has 0 aromatic heterocycles. The predicted octanol–water partition coefficient (Wildman–Crippen LogP) is -17.5. The molecule has 0 aromatic rings. The molecule has 0 saturated heterocycles. The molecule has 41 heavy (non-hydrogen) atoms. The largest absolute Gasteiger partial charge is 2.00 e. The van der Waals surface area contributed by atoms with Crippen molar-refractivity contribution in [3.63, 3.8) is 0 Å². The zero-order valence-electron chi connectivity index (χ0n) is 21.1. The van der Waals surface area contributed by atoms with E-state index in [-0.39, 0.29) is 35.9 Å². The van der Waals surface area contributed by atoms with Crippen molar-refractivity contribution in [3.8, 4) is 0 Å². The first-order valence-corrected chi connectivity index (χ1v) is 10.4. The molecule has 0 fully saturated rings. The van der Waals surface area contributed by atoms with E-state index in [0.717, 1.165) is 0 Å². The van der Waals surface area contributed by atoms with E-state index in [2.05, 4.69) is 0 Å². The maximum absolute atomic E-state index is 9.98. The van der Waals surface area contributed by atoms with Crippen LogP contribution >= 0.6 is 0 Å². The Kier molecular flexibility index (Phi) is 30.8. The second kappa shape index (κ2) is 25.4. The molecule has 0 aliphatic heterocycles. The molecule has 12 unspecified atom stereocenters. The molecule has 239 valence electrons. The van der Waals surface area contributed by atoms with Crippen molar-refractivity contribution in [3.05, 3.63) is 0 Å². The molecule has 0 aromatic carbocycles. The molecule has 12 atom stereocenters. The molecule has 0 aliphatic carbocycles. The van der Waals surface area contributed by atoms with Crippen LogP contribution in [0.2, 0.25) is 0 Å². The van der Waals surface area contributed by atoms with Crippen molar-refractivity contribution >= 4 is 17.9 Å². The van der Waals surface area contributed by atoms with Crippen LogP contribution in [0.25, 0.3) is 0 Å². The van der Waals surface area contributed by atoms with Crippen LogP contribution in [0, 0.1) is 0 Å². The van der Waals surface area contributed by atoms with Crippen LogP contribution in [0.3, 0.4) is 0 Å². The first-order valence-electron chi connectivity index (χ1n) is 10.4. The molecule has 0 rings (SSSR count). The van der Waals surface area contributed by atoms with Crippen LogP contribution in [0.5, 0.6) is 0 Å². The van der Waals surface area contributed by atoms with E-state index in [1.807, 2.05) is 0 Å². The number of hydrogen-bond acceptors (Lipinski definition) is 21. The Labute approximate surface area is 253 Å². The smallest absolute Gasteiger partial charge is 0.547 e. The van der Waals surface area contributed by atoms with Crippen molar-refractivity contribution in [2.24, 2.45) is 0 Å². The van der Waals surface area contributed by atoms with E-state index in [4.69, 9.17) is 76.6 Å². The van der Waals surface area contributed by atoms with Gasteiger partial charge >= 0.3 is 35.9 Å². The van der Waals surface area contributed by atoms with Crippen LogP contribution in [0.15, 0.2) is 0 Å². The fraction of sp³-hybridized carbons (Fsp3) is 0.833. The monoisotopic (exact) mass is 647 g/mol. The van der Waals surface area contributed by atoms with Crippen LogP contribution < -0.4 is 34.2 Å². The van der Waals surface area contributed by atoms with Gasteiger partial charge in [0.1, 0.15) is 73.2 Å². The van der Waals surface area contributed by atoms with Gasteiger partial charge in [-0.15, -0.1) is 0 Å². The third-order valence-electron chi connectivity index (χ3n) is 4.49. The van der Waals surface area contributed by atoms with Crippen LogP contribution in [-0.2, 0) is 31.5 Å². The Morgan fingerprint density at radius 2 is 0.561 bits per heavy atom. The van der Waals surface area contributed by atoms with Gasteiger partial charge in [0.25, 0.3) is 0 Å². The minimum atomic E-state index is -2.31. The predicted molar refractivity (Wildman–Crippen MR) is 108 cm³/mol. The van der Waals surface area contributed by atoms with E-state index in [1.165, 1.54) is 0 Å². The number of aliphatic carboxylic acids is 3. The number of carbonyl (C=O) groups excluding carboxylic acids is 3. The van der Waals surface area contributed by atoms with Gasteiger partial charge in [-0.1, -0.05) is 0 Å². The number of aliphatic hydroxyl groups is 15. The maximum atomic E-state index is 9.98. The number of rotatable bonds is 15. The topological polar surface area (TPSA) is 424 Å². The second-order valence-electron chi connectivity index (χ2n) is 7.48.